The zero-order chi connectivity index (χ0) is 11.5. The number of halogens is 2. The number of rotatable bonds is 4. The van der Waals surface area contributed by atoms with Gasteiger partial charge in [0.15, 0.2) is 0 Å². The van der Waals surface area contributed by atoms with Gasteiger partial charge in [-0.3, -0.25) is 4.18 Å². The molecule has 0 saturated heterocycles. The Hall–Kier alpha value is 0.340. The molecule has 1 rings (SSSR count). The van der Waals surface area contributed by atoms with Crippen LogP contribution in [0.1, 0.15) is 5.56 Å². The second-order valence-electron chi connectivity index (χ2n) is 2.98. The summed E-state index contributed by atoms with van der Waals surface area (Å²) in [4.78, 5) is 0. The Balaban J connectivity index is 2.66. The second-order valence-corrected chi connectivity index (χ2v) is 6.64. The van der Waals surface area contributed by atoms with E-state index in [1.54, 1.807) is 0 Å². The molecule has 15 heavy (non-hydrogen) atoms. The molecule has 0 fully saturated rings. The largest absolute Gasteiger partial charge is 0.270 e. The minimum Gasteiger partial charge on any atom is -0.270 e. The van der Waals surface area contributed by atoms with Crippen LogP contribution in [0, 0.1) is 3.57 Å². The maximum atomic E-state index is 10.8. The molecule has 0 N–H and O–H groups in total. The summed E-state index contributed by atoms with van der Waals surface area (Å²) in [6, 6.07) is 5.84. The van der Waals surface area contributed by atoms with Crippen molar-refractivity contribution >= 4 is 48.6 Å². The highest BCUT2D eigenvalue weighted by Crippen LogP contribution is 2.22. The first-order valence-corrected chi connectivity index (χ1v) is 7.86. The smallest absolute Gasteiger partial charge is 0.264 e. The Labute approximate surface area is 112 Å². The maximum absolute atomic E-state index is 10.8. The first-order chi connectivity index (χ1) is 6.90. The first kappa shape index (κ1) is 13.4. The van der Waals surface area contributed by atoms with Crippen LogP contribution < -0.4 is 0 Å². The highest BCUT2D eigenvalue weighted by atomic mass is 127. The van der Waals surface area contributed by atoms with Crippen molar-refractivity contribution in [1.29, 1.82) is 0 Å². The van der Waals surface area contributed by atoms with Gasteiger partial charge in [-0.25, -0.2) is 0 Å². The molecule has 0 aliphatic carbocycles. The lowest BCUT2D eigenvalue weighted by Gasteiger charge is -2.06. The molecular formula is C9H10BrIO3S. The SMILES string of the molecule is CS(=O)(=O)OCCc1c(Br)cccc1I. The molecule has 0 amide bonds. The van der Waals surface area contributed by atoms with Gasteiger partial charge < -0.3 is 0 Å². The summed E-state index contributed by atoms with van der Waals surface area (Å²) in [5.41, 5.74) is 1.07. The monoisotopic (exact) mass is 404 g/mol. The molecule has 0 aromatic heterocycles. The van der Waals surface area contributed by atoms with Crippen LogP contribution >= 0.6 is 38.5 Å². The van der Waals surface area contributed by atoms with Crippen LogP contribution in [0.5, 0.6) is 0 Å². The van der Waals surface area contributed by atoms with E-state index in [-0.39, 0.29) is 6.61 Å². The van der Waals surface area contributed by atoms with Gasteiger partial charge in [0, 0.05) is 8.04 Å². The molecule has 1 aromatic carbocycles. The minimum absolute atomic E-state index is 0.178. The van der Waals surface area contributed by atoms with Crippen molar-refractivity contribution in [2.75, 3.05) is 12.9 Å². The quantitative estimate of drug-likeness (QED) is 0.572. The molecule has 0 saturated carbocycles. The topological polar surface area (TPSA) is 43.4 Å². The van der Waals surface area contributed by atoms with Gasteiger partial charge in [0.25, 0.3) is 10.1 Å². The third-order valence-electron chi connectivity index (χ3n) is 1.71. The molecule has 0 atom stereocenters. The van der Waals surface area contributed by atoms with Gasteiger partial charge in [0.05, 0.1) is 12.9 Å². The van der Waals surface area contributed by atoms with Crippen molar-refractivity contribution in [2.45, 2.75) is 6.42 Å². The highest BCUT2D eigenvalue weighted by Gasteiger charge is 2.06. The van der Waals surface area contributed by atoms with Gasteiger partial charge in [-0.2, -0.15) is 8.42 Å². The molecule has 0 aliphatic heterocycles. The predicted molar refractivity (Wildman–Crippen MR) is 71.4 cm³/mol. The van der Waals surface area contributed by atoms with E-state index >= 15 is 0 Å². The summed E-state index contributed by atoms with van der Waals surface area (Å²) < 4.78 is 28.3. The van der Waals surface area contributed by atoms with Crippen LogP contribution in [0.15, 0.2) is 22.7 Å². The third-order valence-corrected chi connectivity index (χ3v) is 4.06. The maximum Gasteiger partial charge on any atom is 0.264 e. The van der Waals surface area contributed by atoms with Crippen LogP contribution in [-0.2, 0) is 20.7 Å². The van der Waals surface area contributed by atoms with Crippen molar-refractivity contribution in [3.05, 3.63) is 31.8 Å². The van der Waals surface area contributed by atoms with Crippen LogP contribution in [0.4, 0.5) is 0 Å². The summed E-state index contributed by atoms with van der Waals surface area (Å²) in [5, 5.41) is 0. The molecule has 3 nitrogen and oxygen atoms in total. The van der Waals surface area contributed by atoms with E-state index in [1.165, 1.54) is 0 Å². The lowest BCUT2D eigenvalue weighted by atomic mass is 10.2. The highest BCUT2D eigenvalue weighted by molar-refractivity contribution is 14.1. The molecule has 1 aromatic rings. The van der Waals surface area contributed by atoms with Crippen LogP contribution in [-0.4, -0.2) is 21.3 Å². The van der Waals surface area contributed by atoms with Crippen LogP contribution in [0.25, 0.3) is 0 Å². The Morgan fingerprint density at radius 2 is 2.13 bits per heavy atom. The fourth-order valence-electron chi connectivity index (χ4n) is 1.07. The molecular weight excluding hydrogens is 395 g/mol. The summed E-state index contributed by atoms with van der Waals surface area (Å²) in [7, 11) is -3.34. The van der Waals surface area contributed by atoms with E-state index < -0.39 is 10.1 Å². The van der Waals surface area contributed by atoms with E-state index in [9.17, 15) is 8.42 Å². The van der Waals surface area contributed by atoms with Gasteiger partial charge in [0.2, 0.25) is 0 Å². The molecule has 0 heterocycles. The van der Waals surface area contributed by atoms with Gasteiger partial charge in [0.1, 0.15) is 0 Å². The van der Waals surface area contributed by atoms with E-state index in [0.29, 0.717) is 6.42 Å². The van der Waals surface area contributed by atoms with Crippen LogP contribution in [0.3, 0.4) is 0 Å². The fraction of sp³-hybridized carbons (Fsp3) is 0.333. The average molecular weight is 405 g/mol. The number of hydrogen-bond acceptors (Lipinski definition) is 3. The van der Waals surface area contributed by atoms with Gasteiger partial charge in [-0.15, -0.1) is 0 Å². The van der Waals surface area contributed by atoms with Crippen molar-refractivity contribution in [3.63, 3.8) is 0 Å². The van der Waals surface area contributed by atoms with Crippen molar-refractivity contribution in [3.8, 4) is 0 Å². The van der Waals surface area contributed by atoms with Gasteiger partial charge in [-0.05, 0) is 46.7 Å². The zero-order valence-electron chi connectivity index (χ0n) is 8.04. The molecule has 0 unspecified atom stereocenters. The number of hydrogen-bond donors (Lipinski definition) is 0. The van der Waals surface area contributed by atoms with Gasteiger partial charge >= 0.3 is 0 Å². The molecule has 84 valence electrons. The lowest BCUT2D eigenvalue weighted by Crippen LogP contribution is -2.07. The molecule has 0 spiro atoms. The Kier molecular flexibility index (Phi) is 5.01. The fourth-order valence-corrected chi connectivity index (χ4v) is 3.16. The minimum atomic E-state index is -3.34. The summed E-state index contributed by atoms with van der Waals surface area (Å²) in [6.07, 6.45) is 1.63. The van der Waals surface area contributed by atoms with E-state index in [1.807, 2.05) is 18.2 Å². The molecule has 6 heteroatoms. The van der Waals surface area contributed by atoms with E-state index in [2.05, 4.69) is 38.5 Å². The summed E-state index contributed by atoms with van der Waals surface area (Å²) in [6.45, 7) is 0.178. The predicted octanol–water partition coefficient (Wildman–Crippen LogP) is 2.57. The van der Waals surface area contributed by atoms with Crippen molar-refractivity contribution < 1.29 is 12.6 Å². The zero-order valence-corrected chi connectivity index (χ0v) is 12.6. The Morgan fingerprint density at radius 1 is 1.47 bits per heavy atom. The van der Waals surface area contributed by atoms with Crippen LogP contribution in [0.2, 0.25) is 0 Å². The standard InChI is InChI=1S/C9H10BrIO3S/c1-15(12,13)14-6-5-7-8(10)3-2-4-9(7)11/h2-4H,5-6H2,1H3. The van der Waals surface area contributed by atoms with Gasteiger partial charge in [-0.1, -0.05) is 22.0 Å². The lowest BCUT2D eigenvalue weighted by molar-refractivity contribution is 0.325. The summed E-state index contributed by atoms with van der Waals surface area (Å²) >= 11 is 5.63. The Morgan fingerprint density at radius 3 is 2.67 bits per heavy atom. The normalized spacial score (nSPS) is 11.7. The molecule has 0 aliphatic rings. The average Bonchev–Trinajstić information content (AvgIpc) is 2.08. The third kappa shape index (κ3) is 4.80. The number of benzene rings is 1. The Bertz CT molecular complexity index is 424. The van der Waals surface area contributed by atoms with Crippen molar-refractivity contribution in [1.82, 2.24) is 0 Å². The first-order valence-electron chi connectivity index (χ1n) is 4.17. The summed E-state index contributed by atoms with van der Waals surface area (Å²) in [5.74, 6) is 0. The van der Waals surface area contributed by atoms with E-state index in [0.717, 1.165) is 19.9 Å². The van der Waals surface area contributed by atoms with Crippen molar-refractivity contribution in [2.24, 2.45) is 0 Å². The molecule has 0 radical (unpaired) electrons. The second kappa shape index (κ2) is 5.60. The molecule has 0 bridgehead atoms. The van der Waals surface area contributed by atoms with E-state index in [4.69, 9.17) is 4.18 Å².